The van der Waals surface area contributed by atoms with E-state index in [2.05, 4.69) is 57.9 Å². The van der Waals surface area contributed by atoms with Gasteiger partial charge in [-0.2, -0.15) is 5.10 Å². The van der Waals surface area contributed by atoms with Gasteiger partial charge in [0.25, 0.3) is 0 Å². The number of hydrogen-bond donors (Lipinski definition) is 0. The number of benzene rings is 1. The van der Waals surface area contributed by atoms with Gasteiger partial charge in [-0.15, -0.1) is 0 Å². The lowest BCUT2D eigenvalue weighted by Crippen LogP contribution is -2.49. The van der Waals surface area contributed by atoms with Crippen molar-refractivity contribution in [3.63, 3.8) is 0 Å². The zero-order valence-corrected chi connectivity index (χ0v) is 19.6. The second-order valence-corrected chi connectivity index (χ2v) is 8.89. The molecule has 2 aromatic heterocycles. The fourth-order valence-corrected chi connectivity index (χ4v) is 5.11. The van der Waals surface area contributed by atoms with Gasteiger partial charge >= 0.3 is 0 Å². The average molecular weight is 445 g/mol. The molecule has 0 spiro atoms. The van der Waals surface area contributed by atoms with Gasteiger partial charge in [0, 0.05) is 43.3 Å². The van der Waals surface area contributed by atoms with Crippen molar-refractivity contribution in [3.05, 3.63) is 59.6 Å². The number of aryl methyl sites for hydroxylation is 1. The molecule has 0 aliphatic carbocycles. The van der Waals surface area contributed by atoms with Crippen molar-refractivity contribution in [2.75, 3.05) is 44.3 Å². The topological polar surface area (TPSA) is 58.3 Å². The molecule has 1 aromatic carbocycles. The van der Waals surface area contributed by atoms with Crippen LogP contribution >= 0.6 is 0 Å². The Bertz CT molecular complexity index is 1170. The maximum Gasteiger partial charge on any atom is 0.162 e. The molecule has 7 nitrogen and oxygen atoms in total. The number of fused-ring (bicyclic) bond motifs is 1. The first-order chi connectivity index (χ1) is 16.2. The Morgan fingerprint density at radius 1 is 1.12 bits per heavy atom. The number of anilines is 1. The highest BCUT2D eigenvalue weighted by molar-refractivity contribution is 5.90. The maximum absolute atomic E-state index is 5.51. The SMILES string of the molecule is C=Nc1ccc(C)cc1/C(=C\C)c1cnn2cc(N3CCC(N4CCOCC4)CC3)cnc12. The fourth-order valence-electron chi connectivity index (χ4n) is 5.11. The molecular formula is C26H32N6O. The summed E-state index contributed by atoms with van der Waals surface area (Å²) in [6, 6.07) is 6.88. The highest BCUT2D eigenvalue weighted by Gasteiger charge is 2.26. The van der Waals surface area contributed by atoms with Crippen molar-refractivity contribution in [3.8, 4) is 0 Å². The molecular weight excluding hydrogens is 412 g/mol. The molecule has 0 saturated carbocycles. The number of rotatable bonds is 5. The van der Waals surface area contributed by atoms with Crippen molar-refractivity contribution >= 4 is 29.3 Å². The second-order valence-electron chi connectivity index (χ2n) is 8.89. The third-order valence-electron chi connectivity index (χ3n) is 6.93. The summed E-state index contributed by atoms with van der Waals surface area (Å²) in [6.45, 7) is 13.8. The molecule has 0 bridgehead atoms. The van der Waals surface area contributed by atoms with E-state index in [4.69, 9.17) is 9.72 Å². The molecule has 3 aromatic rings. The van der Waals surface area contributed by atoms with Crippen LogP contribution in [0.1, 0.15) is 36.5 Å². The minimum atomic E-state index is 0.664. The third kappa shape index (κ3) is 4.30. The molecule has 33 heavy (non-hydrogen) atoms. The van der Waals surface area contributed by atoms with Crippen LogP contribution in [0.2, 0.25) is 0 Å². The summed E-state index contributed by atoms with van der Waals surface area (Å²) in [6.07, 6.45) is 10.5. The Hall–Kier alpha value is -3.03. The predicted octanol–water partition coefficient (Wildman–Crippen LogP) is 4.12. The van der Waals surface area contributed by atoms with E-state index < -0.39 is 0 Å². The quantitative estimate of drug-likeness (QED) is 0.554. The molecule has 0 unspecified atom stereocenters. The molecule has 2 aliphatic heterocycles. The molecule has 0 radical (unpaired) electrons. The van der Waals surface area contributed by atoms with Crippen LogP contribution in [0.5, 0.6) is 0 Å². The van der Waals surface area contributed by atoms with Gasteiger partial charge < -0.3 is 9.64 Å². The second kappa shape index (κ2) is 9.45. The van der Waals surface area contributed by atoms with E-state index in [1.165, 1.54) is 18.4 Å². The van der Waals surface area contributed by atoms with Gasteiger partial charge in [0.15, 0.2) is 5.65 Å². The lowest BCUT2D eigenvalue weighted by atomic mass is 9.96. The van der Waals surface area contributed by atoms with Gasteiger partial charge in [-0.1, -0.05) is 17.7 Å². The number of hydrogen-bond acceptors (Lipinski definition) is 6. The van der Waals surface area contributed by atoms with E-state index in [0.29, 0.717) is 6.04 Å². The van der Waals surface area contributed by atoms with Crippen LogP contribution in [0, 0.1) is 6.92 Å². The van der Waals surface area contributed by atoms with E-state index in [-0.39, 0.29) is 0 Å². The predicted molar refractivity (Wildman–Crippen MR) is 134 cm³/mol. The number of allylic oxidation sites excluding steroid dienone is 1. The molecule has 172 valence electrons. The van der Waals surface area contributed by atoms with E-state index >= 15 is 0 Å². The zero-order valence-electron chi connectivity index (χ0n) is 19.6. The normalized spacial score (nSPS) is 18.7. The monoisotopic (exact) mass is 444 g/mol. The van der Waals surface area contributed by atoms with Gasteiger partial charge in [-0.25, -0.2) is 9.50 Å². The molecule has 2 saturated heterocycles. The lowest BCUT2D eigenvalue weighted by Gasteiger charge is -2.40. The first-order valence-corrected chi connectivity index (χ1v) is 11.8. The van der Waals surface area contributed by atoms with E-state index in [9.17, 15) is 0 Å². The summed E-state index contributed by atoms with van der Waals surface area (Å²) < 4.78 is 7.42. The smallest absolute Gasteiger partial charge is 0.162 e. The number of ether oxygens (including phenoxy) is 1. The minimum absolute atomic E-state index is 0.664. The van der Waals surface area contributed by atoms with E-state index in [1.807, 2.05) is 29.9 Å². The minimum Gasteiger partial charge on any atom is -0.379 e. The molecule has 7 heteroatoms. The molecule has 0 amide bonds. The first-order valence-electron chi connectivity index (χ1n) is 11.8. The number of piperidine rings is 1. The summed E-state index contributed by atoms with van der Waals surface area (Å²) in [5, 5.41) is 4.65. The van der Waals surface area contributed by atoms with Gasteiger partial charge in [-0.05, 0) is 51.1 Å². The summed E-state index contributed by atoms with van der Waals surface area (Å²) in [7, 11) is 0. The van der Waals surface area contributed by atoms with Crippen LogP contribution in [-0.4, -0.2) is 71.7 Å². The number of nitrogens with zero attached hydrogens (tertiary/aromatic N) is 6. The van der Waals surface area contributed by atoms with Crippen molar-refractivity contribution in [2.45, 2.75) is 32.7 Å². The summed E-state index contributed by atoms with van der Waals surface area (Å²) in [4.78, 5) is 14.1. The van der Waals surface area contributed by atoms with Crippen LogP contribution in [0.3, 0.4) is 0 Å². The van der Waals surface area contributed by atoms with Crippen LogP contribution < -0.4 is 4.90 Å². The summed E-state index contributed by atoms with van der Waals surface area (Å²) in [5.74, 6) is 0. The van der Waals surface area contributed by atoms with Crippen molar-refractivity contribution < 1.29 is 4.74 Å². The number of aliphatic imine (C=N–C) groups is 1. The van der Waals surface area contributed by atoms with E-state index in [1.54, 1.807) is 0 Å². The fraction of sp³-hybridized carbons (Fsp3) is 0.423. The number of aromatic nitrogens is 3. The third-order valence-corrected chi connectivity index (χ3v) is 6.93. The molecule has 4 heterocycles. The van der Waals surface area contributed by atoms with Crippen LogP contribution in [-0.2, 0) is 4.74 Å². The Morgan fingerprint density at radius 2 is 1.91 bits per heavy atom. The maximum atomic E-state index is 5.51. The van der Waals surface area contributed by atoms with E-state index in [0.717, 1.165) is 73.1 Å². The molecule has 2 aliphatic rings. The molecule has 0 N–H and O–H groups in total. The van der Waals surface area contributed by atoms with Gasteiger partial charge in [0.05, 0.1) is 43.2 Å². The highest BCUT2D eigenvalue weighted by atomic mass is 16.5. The summed E-state index contributed by atoms with van der Waals surface area (Å²) >= 11 is 0. The van der Waals surface area contributed by atoms with Gasteiger partial charge in [-0.3, -0.25) is 9.89 Å². The highest BCUT2D eigenvalue weighted by Crippen LogP contribution is 2.34. The van der Waals surface area contributed by atoms with Crippen molar-refractivity contribution in [2.24, 2.45) is 4.99 Å². The zero-order chi connectivity index (χ0) is 22.8. The average Bonchev–Trinajstić information content (AvgIpc) is 3.28. The van der Waals surface area contributed by atoms with Crippen LogP contribution in [0.15, 0.2) is 47.9 Å². The lowest BCUT2D eigenvalue weighted by molar-refractivity contribution is 0.0115. The van der Waals surface area contributed by atoms with Gasteiger partial charge in [0.1, 0.15) is 0 Å². The van der Waals surface area contributed by atoms with Crippen molar-refractivity contribution in [1.29, 1.82) is 0 Å². The largest absolute Gasteiger partial charge is 0.379 e. The number of morpholine rings is 1. The standard InChI is InChI=1S/C26H32N6O/c1-4-22(23-15-19(2)5-6-25(23)27-3)24-17-29-32-18-21(16-28-26(24)32)30-9-7-20(8-10-30)31-11-13-33-14-12-31/h4-6,15-18,20H,3,7-14H2,1-2H3/b22-4+. The molecule has 0 atom stereocenters. The van der Waals surface area contributed by atoms with Crippen molar-refractivity contribution in [1.82, 2.24) is 19.5 Å². The Balaban J connectivity index is 1.37. The van der Waals surface area contributed by atoms with Gasteiger partial charge in [0.2, 0.25) is 0 Å². The summed E-state index contributed by atoms with van der Waals surface area (Å²) in [5.41, 5.74) is 7.17. The first kappa shape index (κ1) is 21.8. The van der Waals surface area contributed by atoms with Crippen LogP contribution in [0.25, 0.3) is 11.2 Å². The Kier molecular flexibility index (Phi) is 6.24. The Labute approximate surface area is 195 Å². The molecule has 5 rings (SSSR count). The Morgan fingerprint density at radius 3 is 2.64 bits per heavy atom. The molecule has 2 fully saturated rings. The van der Waals surface area contributed by atoms with Crippen LogP contribution in [0.4, 0.5) is 11.4 Å².